The number of carbonyl (C=O) groups excluding carboxylic acids is 1. The van der Waals surface area contributed by atoms with Crippen LogP contribution in [-0.4, -0.2) is 23.7 Å². The van der Waals surface area contributed by atoms with Crippen LogP contribution in [0.4, 0.5) is 5.69 Å². The van der Waals surface area contributed by atoms with Crippen LogP contribution in [0.5, 0.6) is 11.5 Å². The van der Waals surface area contributed by atoms with Gasteiger partial charge in [-0.25, -0.2) is 4.79 Å². The molecule has 8 heteroatoms. The van der Waals surface area contributed by atoms with Crippen molar-refractivity contribution in [3.63, 3.8) is 0 Å². The van der Waals surface area contributed by atoms with Gasteiger partial charge < -0.3 is 19.2 Å². The summed E-state index contributed by atoms with van der Waals surface area (Å²) in [6.07, 6.45) is 0. The number of anilines is 1. The third-order valence-corrected chi connectivity index (χ3v) is 4.50. The van der Waals surface area contributed by atoms with E-state index in [1.54, 1.807) is 37.4 Å². The van der Waals surface area contributed by atoms with E-state index in [0.717, 1.165) is 0 Å². The van der Waals surface area contributed by atoms with Gasteiger partial charge in [0.25, 0.3) is 5.91 Å². The summed E-state index contributed by atoms with van der Waals surface area (Å²) in [5, 5.41) is 2.79. The molecule has 2 heterocycles. The molecule has 0 spiro atoms. The van der Waals surface area contributed by atoms with Crippen molar-refractivity contribution in [3.8, 4) is 11.5 Å². The van der Waals surface area contributed by atoms with Gasteiger partial charge in [0.2, 0.25) is 0 Å². The first-order valence-electron chi connectivity index (χ1n) is 7.53. The monoisotopic (exact) mass is 404 g/mol. The van der Waals surface area contributed by atoms with E-state index >= 15 is 0 Å². The van der Waals surface area contributed by atoms with Crippen LogP contribution >= 0.6 is 15.9 Å². The Labute approximate surface area is 150 Å². The van der Waals surface area contributed by atoms with Gasteiger partial charge in [-0.2, -0.15) is 0 Å². The molecule has 1 aliphatic rings. The summed E-state index contributed by atoms with van der Waals surface area (Å²) >= 11 is 3.39. The summed E-state index contributed by atoms with van der Waals surface area (Å²) in [6.45, 7) is 0.910. The number of nitrogens with one attached hydrogen (secondary N) is 1. The van der Waals surface area contributed by atoms with Crippen LogP contribution < -0.4 is 20.5 Å². The maximum absolute atomic E-state index is 12.5. The van der Waals surface area contributed by atoms with Gasteiger partial charge in [-0.1, -0.05) is 0 Å². The lowest BCUT2D eigenvalue weighted by atomic mass is 10.1. The fourth-order valence-electron chi connectivity index (χ4n) is 2.66. The Morgan fingerprint density at radius 1 is 1.20 bits per heavy atom. The molecule has 0 saturated carbocycles. The van der Waals surface area contributed by atoms with Crippen LogP contribution in [0.3, 0.4) is 0 Å². The highest BCUT2D eigenvalue weighted by molar-refractivity contribution is 9.10. The highest BCUT2D eigenvalue weighted by Crippen LogP contribution is 2.38. The summed E-state index contributed by atoms with van der Waals surface area (Å²) in [7, 11) is 1.62. The predicted octanol–water partition coefficient (Wildman–Crippen LogP) is 2.92. The fraction of sp³-hybridized carbons (Fsp3) is 0.176. The minimum atomic E-state index is -0.450. The predicted molar refractivity (Wildman–Crippen MR) is 94.5 cm³/mol. The van der Waals surface area contributed by atoms with Gasteiger partial charge in [-0.3, -0.25) is 9.36 Å². The average molecular weight is 405 g/mol. The van der Waals surface area contributed by atoms with Crippen molar-refractivity contribution in [2.24, 2.45) is 7.05 Å². The molecule has 0 fully saturated rings. The first-order valence-corrected chi connectivity index (χ1v) is 8.32. The second-order valence-electron chi connectivity index (χ2n) is 5.55. The number of ether oxygens (including phenoxy) is 2. The number of oxazole rings is 1. The molecule has 0 bridgehead atoms. The Morgan fingerprint density at radius 2 is 2.00 bits per heavy atom. The highest BCUT2D eigenvalue weighted by Gasteiger charge is 2.19. The Morgan fingerprint density at radius 3 is 2.84 bits per heavy atom. The molecule has 3 aromatic rings. The van der Waals surface area contributed by atoms with Crippen molar-refractivity contribution in [2.75, 3.05) is 18.5 Å². The van der Waals surface area contributed by atoms with Gasteiger partial charge in [-0.05, 0) is 40.2 Å². The van der Waals surface area contributed by atoms with Gasteiger partial charge >= 0.3 is 5.76 Å². The third-order valence-electron chi connectivity index (χ3n) is 3.91. The van der Waals surface area contributed by atoms with Gasteiger partial charge in [0.05, 0.1) is 9.99 Å². The zero-order valence-corrected chi connectivity index (χ0v) is 14.8. The van der Waals surface area contributed by atoms with E-state index in [9.17, 15) is 9.59 Å². The molecule has 25 heavy (non-hydrogen) atoms. The summed E-state index contributed by atoms with van der Waals surface area (Å²) < 4.78 is 18.2. The van der Waals surface area contributed by atoms with Crippen LogP contribution in [0, 0.1) is 0 Å². The van der Waals surface area contributed by atoms with Crippen molar-refractivity contribution >= 4 is 38.6 Å². The molecule has 0 atom stereocenters. The number of carbonyl (C=O) groups is 1. The summed E-state index contributed by atoms with van der Waals surface area (Å²) in [5.74, 6) is 0.357. The van der Waals surface area contributed by atoms with Gasteiger partial charge in [-0.15, -0.1) is 0 Å². The quantitative estimate of drug-likeness (QED) is 0.709. The second kappa shape index (κ2) is 5.96. The zero-order valence-electron chi connectivity index (χ0n) is 13.2. The Hall–Kier alpha value is -2.74. The largest absolute Gasteiger partial charge is 0.486 e. The number of hydrogen-bond donors (Lipinski definition) is 1. The molecule has 0 aliphatic carbocycles. The van der Waals surface area contributed by atoms with E-state index in [4.69, 9.17) is 13.9 Å². The normalized spacial score (nSPS) is 13.0. The van der Waals surface area contributed by atoms with Crippen LogP contribution in [0.2, 0.25) is 0 Å². The van der Waals surface area contributed by atoms with Crippen LogP contribution in [0.1, 0.15) is 10.4 Å². The van der Waals surface area contributed by atoms with Gasteiger partial charge in [0.1, 0.15) is 13.2 Å². The minimum Gasteiger partial charge on any atom is -0.486 e. The molecule has 1 amide bonds. The van der Waals surface area contributed by atoms with Crippen molar-refractivity contribution < 1.29 is 18.7 Å². The van der Waals surface area contributed by atoms with Gasteiger partial charge in [0, 0.05) is 24.4 Å². The molecule has 0 radical (unpaired) electrons. The average Bonchev–Trinajstić information content (AvgIpc) is 2.88. The number of halogens is 1. The lowest BCUT2D eigenvalue weighted by molar-refractivity contribution is 0.102. The van der Waals surface area contributed by atoms with E-state index < -0.39 is 5.76 Å². The summed E-state index contributed by atoms with van der Waals surface area (Å²) in [6, 6.07) is 8.35. The molecule has 1 aliphatic heterocycles. The fourth-order valence-corrected chi connectivity index (χ4v) is 3.21. The van der Waals surface area contributed by atoms with Crippen LogP contribution in [0.15, 0.2) is 44.0 Å². The van der Waals surface area contributed by atoms with Crippen molar-refractivity contribution in [2.45, 2.75) is 0 Å². The number of rotatable bonds is 2. The number of fused-ring (bicyclic) bond motifs is 2. The molecule has 0 saturated heterocycles. The number of nitrogens with zero attached hydrogens (tertiary/aromatic N) is 1. The Balaban J connectivity index is 1.64. The lowest BCUT2D eigenvalue weighted by Gasteiger charge is -2.20. The van der Waals surface area contributed by atoms with E-state index in [1.165, 1.54) is 4.57 Å². The topological polar surface area (TPSA) is 82.7 Å². The SMILES string of the molecule is Cn1c(=O)oc2cc(NC(=O)c3cc(Br)c4c(c3)OCCO4)ccc21. The van der Waals surface area contributed by atoms with Crippen molar-refractivity contribution in [1.29, 1.82) is 0 Å². The molecule has 4 rings (SSSR count). The molecule has 128 valence electrons. The van der Waals surface area contributed by atoms with E-state index in [-0.39, 0.29) is 5.91 Å². The smallest absolute Gasteiger partial charge is 0.419 e. The molecule has 7 nitrogen and oxygen atoms in total. The maximum atomic E-state index is 12.5. The highest BCUT2D eigenvalue weighted by atomic mass is 79.9. The Bertz CT molecular complexity index is 1050. The minimum absolute atomic E-state index is 0.310. The molecular weight excluding hydrogens is 392 g/mol. The van der Waals surface area contributed by atoms with Crippen LogP contribution in [0.25, 0.3) is 11.1 Å². The first kappa shape index (κ1) is 15.8. The summed E-state index contributed by atoms with van der Waals surface area (Å²) in [5.41, 5.74) is 2.02. The molecular formula is C17H13BrN2O5. The van der Waals surface area contributed by atoms with Crippen molar-refractivity contribution in [1.82, 2.24) is 4.57 Å². The third kappa shape index (κ3) is 2.78. The number of benzene rings is 2. The zero-order chi connectivity index (χ0) is 17.6. The number of aromatic nitrogens is 1. The standard InChI is InChI=1S/C17H13BrN2O5/c1-20-12-3-2-10(8-13(12)25-17(20)22)19-16(21)9-6-11(18)15-14(7-9)23-4-5-24-15/h2-3,6-8H,4-5H2,1H3,(H,19,21). The second-order valence-corrected chi connectivity index (χ2v) is 6.40. The van der Waals surface area contributed by atoms with Gasteiger partial charge in [0.15, 0.2) is 17.1 Å². The number of aryl methyl sites for hydroxylation is 1. The van der Waals surface area contributed by atoms with E-state index in [1.807, 2.05) is 0 Å². The molecule has 1 aromatic heterocycles. The molecule has 2 aromatic carbocycles. The number of amides is 1. The molecule has 0 unspecified atom stereocenters. The first-order chi connectivity index (χ1) is 12.0. The van der Waals surface area contributed by atoms with E-state index in [0.29, 0.717) is 51.5 Å². The Kier molecular flexibility index (Phi) is 3.76. The van der Waals surface area contributed by atoms with Crippen LogP contribution in [-0.2, 0) is 7.05 Å². The lowest BCUT2D eigenvalue weighted by Crippen LogP contribution is -2.17. The summed E-state index contributed by atoms with van der Waals surface area (Å²) in [4.78, 5) is 24.1. The number of hydrogen-bond acceptors (Lipinski definition) is 5. The van der Waals surface area contributed by atoms with Crippen molar-refractivity contribution in [3.05, 3.63) is 50.9 Å². The maximum Gasteiger partial charge on any atom is 0.419 e. The van der Waals surface area contributed by atoms with E-state index in [2.05, 4.69) is 21.2 Å². The molecule has 1 N–H and O–H groups in total.